The first-order chi connectivity index (χ1) is 40.8. The van der Waals surface area contributed by atoms with Crippen molar-refractivity contribution in [3.63, 3.8) is 0 Å². The Labute approximate surface area is 493 Å². The van der Waals surface area contributed by atoms with Gasteiger partial charge in [0.05, 0.1) is 16.8 Å². The summed E-state index contributed by atoms with van der Waals surface area (Å²) < 4.78 is 7.20. The van der Waals surface area contributed by atoms with Crippen LogP contribution in [-0.2, 0) is 16.2 Å². The van der Waals surface area contributed by atoms with Crippen LogP contribution in [0.25, 0.3) is 77.2 Å². The van der Waals surface area contributed by atoms with E-state index >= 15 is 0 Å². The van der Waals surface area contributed by atoms with E-state index in [1.807, 2.05) is 0 Å². The lowest BCUT2D eigenvalue weighted by Gasteiger charge is -2.36. The third kappa shape index (κ3) is 7.93. The quantitative estimate of drug-likeness (QED) is 0.151. The van der Waals surface area contributed by atoms with Crippen molar-refractivity contribution in [2.45, 2.75) is 71.6 Å². The summed E-state index contributed by atoms with van der Waals surface area (Å²) >= 11 is 0. The van der Waals surface area contributed by atoms with Gasteiger partial charge < -0.3 is 14.2 Å². The van der Waals surface area contributed by atoms with E-state index in [0.29, 0.717) is 0 Å². The van der Waals surface area contributed by atoms with Crippen LogP contribution in [0.3, 0.4) is 0 Å². The number of hydrogen-bond acceptors (Lipinski definition) is 3. The molecule has 0 saturated heterocycles. The Kier molecular flexibility index (Phi) is 11.7. The van der Waals surface area contributed by atoms with Gasteiger partial charge in [0.2, 0.25) is 0 Å². The second kappa shape index (κ2) is 19.2. The number of hydrogen-bond donors (Lipinski definition) is 0. The number of aryl methyl sites for hydroxylation is 2. The van der Waals surface area contributed by atoms with Gasteiger partial charge in [-0.1, -0.05) is 217 Å². The lowest BCUT2D eigenvalue weighted by molar-refractivity contribution is 0.590. The molecule has 0 amide bonds. The molecule has 3 heteroatoms. The molecule has 0 radical (unpaired) electrons. The van der Waals surface area contributed by atoms with Crippen LogP contribution in [-0.4, -0.2) is 0 Å². The van der Waals surface area contributed by atoms with Crippen molar-refractivity contribution >= 4 is 66.8 Å². The molecular weight excluding hydrogens is 1020 g/mol. The highest BCUT2D eigenvalue weighted by Gasteiger charge is 2.55. The highest BCUT2D eigenvalue weighted by molar-refractivity contribution is 6.20. The Morgan fingerprint density at radius 1 is 0.345 bits per heavy atom. The topological polar surface area (TPSA) is 19.6 Å². The van der Waals surface area contributed by atoms with Crippen LogP contribution in [0.15, 0.2) is 259 Å². The first-order valence-corrected chi connectivity index (χ1v) is 29.6. The second-order valence-electron chi connectivity index (χ2n) is 25.3. The molecule has 12 aromatic carbocycles. The number of furan rings is 1. The monoisotopic (exact) mass is 1080 g/mol. The normalized spacial score (nSPS) is 13.1. The van der Waals surface area contributed by atoms with E-state index < -0.39 is 5.41 Å². The average Bonchev–Trinajstić information content (AvgIpc) is 1.52. The van der Waals surface area contributed by atoms with E-state index in [9.17, 15) is 0 Å². The van der Waals surface area contributed by atoms with Crippen molar-refractivity contribution in [2.75, 3.05) is 9.80 Å². The fourth-order valence-electron chi connectivity index (χ4n) is 14.1. The molecule has 1 heterocycles. The van der Waals surface area contributed by atoms with Crippen molar-refractivity contribution in [3.05, 3.63) is 299 Å². The van der Waals surface area contributed by atoms with Gasteiger partial charge in [0.15, 0.2) is 0 Å². The van der Waals surface area contributed by atoms with Crippen LogP contribution in [0.4, 0.5) is 34.1 Å². The van der Waals surface area contributed by atoms with E-state index in [1.54, 1.807) is 0 Å². The number of para-hydroxylation sites is 1. The van der Waals surface area contributed by atoms with E-state index in [4.69, 9.17) is 4.42 Å². The third-order valence-corrected chi connectivity index (χ3v) is 18.2. The van der Waals surface area contributed by atoms with Crippen molar-refractivity contribution < 1.29 is 4.42 Å². The first-order valence-electron chi connectivity index (χ1n) is 29.6. The number of anilines is 6. The van der Waals surface area contributed by atoms with Crippen LogP contribution in [0.2, 0.25) is 0 Å². The summed E-state index contributed by atoms with van der Waals surface area (Å²) in [6.07, 6.45) is 0. The summed E-state index contributed by atoms with van der Waals surface area (Å²) in [7, 11) is 0. The second-order valence-corrected chi connectivity index (χ2v) is 25.3. The first kappa shape index (κ1) is 51.2. The lowest BCUT2D eigenvalue weighted by atomic mass is 9.69. The zero-order valence-corrected chi connectivity index (χ0v) is 49.1. The molecule has 13 aromatic rings. The molecule has 406 valence electrons. The number of rotatable bonds is 8. The van der Waals surface area contributed by atoms with Crippen LogP contribution < -0.4 is 9.80 Å². The van der Waals surface area contributed by atoms with Crippen LogP contribution in [0, 0.1) is 13.8 Å². The van der Waals surface area contributed by atoms with Gasteiger partial charge in [-0.05, 0) is 181 Å². The zero-order chi connectivity index (χ0) is 57.2. The highest BCUT2D eigenvalue weighted by Crippen LogP contribution is 2.68. The maximum Gasteiger partial charge on any atom is 0.138 e. The number of benzene rings is 12. The molecule has 0 N–H and O–H groups in total. The smallest absolute Gasteiger partial charge is 0.138 e. The van der Waals surface area contributed by atoms with Gasteiger partial charge in [0, 0.05) is 56.1 Å². The Balaban J connectivity index is 1.08. The average molecular weight is 1080 g/mol. The summed E-state index contributed by atoms with van der Waals surface area (Å²) in [4.78, 5) is 5.03. The van der Waals surface area contributed by atoms with Gasteiger partial charge in [0.1, 0.15) is 11.2 Å². The maximum atomic E-state index is 7.20. The van der Waals surface area contributed by atoms with Gasteiger partial charge in [-0.15, -0.1) is 0 Å². The van der Waals surface area contributed by atoms with Gasteiger partial charge >= 0.3 is 0 Å². The fraction of sp³-hybridized carbons (Fsp3) is 0.136. The van der Waals surface area contributed by atoms with Gasteiger partial charge in [0.25, 0.3) is 0 Å². The molecule has 15 rings (SSSR count). The Hall–Kier alpha value is -9.70. The summed E-state index contributed by atoms with van der Waals surface area (Å²) in [5.74, 6) is 0. The molecule has 3 nitrogen and oxygen atoms in total. The predicted octanol–water partition coefficient (Wildman–Crippen LogP) is 22.6. The van der Waals surface area contributed by atoms with Gasteiger partial charge in [-0.2, -0.15) is 0 Å². The van der Waals surface area contributed by atoms with E-state index in [1.165, 1.54) is 94.4 Å². The Morgan fingerprint density at radius 2 is 0.833 bits per heavy atom. The predicted molar refractivity (Wildman–Crippen MR) is 355 cm³/mol. The SMILES string of the molecule is Cc1ccc(N(c2ccc(C(C)(C)C)cc2)c2cc3oc4ccccc4c3c3c2C2(c4ccccc4-c4ccccc42)c2cc4c(N(c5ccc(C(C)(C)C)cc5)c5ccc(C)c(-c6ccccc6)c5)cccc4cc2-3)cc1-c1ccccc1. The molecule has 0 atom stereocenters. The Morgan fingerprint density at radius 3 is 1.38 bits per heavy atom. The van der Waals surface area contributed by atoms with Crippen molar-refractivity contribution in [1.29, 1.82) is 0 Å². The van der Waals surface area contributed by atoms with Crippen LogP contribution in [0.1, 0.15) is 86.1 Å². The zero-order valence-electron chi connectivity index (χ0n) is 49.1. The molecule has 0 fully saturated rings. The molecule has 1 aromatic heterocycles. The maximum absolute atomic E-state index is 7.20. The standard InChI is InChI=1S/C81H66N2O/c1-51-34-40-60(47-65(51)53-22-11-9-12-23-53)82(58-42-36-56(37-43-58)79(3,4)5)72-32-21-26-55-46-68-71(49-67(55)72)81(69-30-18-15-27-62(69)63-28-16-19-31-70(63)81)78-73(50-75-76(77(68)78)64-29-17-20-33-74(64)84-75)83(59-44-38-57(39-45-59)80(6,7)8)61-41-35-52(2)66(48-61)54-24-13-10-14-25-54/h9-50H,1-8H3. The van der Waals surface area contributed by atoms with Crippen LogP contribution in [0.5, 0.6) is 0 Å². The molecule has 2 aliphatic rings. The van der Waals surface area contributed by atoms with Gasteiger partial charge in [-0.3, -0.25) is 0 Å². The van der Waals surface area contributed by atoms with Crippen LogP contribution >= 0.6 is 0 Å². The summed E-state index contributed by atoms with van der Waals surface area (Å²) in [5, 5.41) is 4.56. The van der Waals surface area contributed by atoms with Gasteiger partial charge in [-0.25, -0.2) is 0 Å². The van der Waals surface area contributed by atoms with Crippen molar-refractivity contribution in [1.82, 2.24) is 0 Å². The molecule has 0 unspecified atom stereocenters. The summed E-state index contributed by atoms with van der Waals surface area (Å²) in [6.45, 7) is 18.2. The Bertz CT molecular complexity index is 4700. The lowest BCUT2D eigenvalue weighted by Crippen LogP contribution is -2.28. The fourth-order valence-corrected chi connectivity index (χ4v) is 14.1. The van der Waals surface area contributed by atoms with E-state index in [0.717, 1.165) is 61.4 Å². The molecule has 0 aliphatic heterocycles. The van der Waals surface area contributed by atoms with Crippen molar-refractivity contribution in [2.24, 2.45) is 0 Å². The minimum atomic E-state index is -0.791. The largest absolute Gasteiger partial charge is 0.456 e. The molecule has 84 heavy (non-hydrogen) atoms. The molecular formula is C81H66N2O. The molecule has 0 saturated carbocycles. The van der Waals surface area contributed by atoms with E-state index in [2.05, 4.69) is 320 Å². The number of fused-ring (bicyclic) bond motifs is 15. The third-order valence-electron chi connectivity index (χ3n) is 18.2. The summed E-state index contributed by atoms with van der Waals surface area (Å²) in [5.41, 5.74) is 27.2. The molecule has 1 spiro atoms. The molecule has 2 aliphatic carbocycles. The molecule has 0 bridgehead atoms. The minimum absolute atomic E-state index is 0.00936. The summed E-state index contributed by atoms with van der Waals surface area (Å²) in [6, 6.07) is 95.7. The number of nitrogens with zero attached hydrogens (tertiary/aromatic N) is 2. The minimum Gasteiger partial charge on any atom is -0.456 e. The highest BCUT2D eigenvalue weighted by atomic mass is 16.3. The van der Waals surface area contributed by atoms with E-state index in [-0.39, 0.29) is 10.8 Å². The van der Waals surface area contributed by atoms with Crippen molar-refractivity contribution in [3.8, 4) is 44.5 Å².